The molecule has 1 aliphatic rings. The molecule has 9 heteroatoms. The molecule has 0 aromatic rings. The van der Waals surface area contributed by atoms with Crippen molar-refractivity contribution in [3.63, 3.8) is 0 Å². The monoisotopic (exact) mass is 994 g/mol. The van der Waals surface area contributed by atoms with Crippen molar-refractivity contribution in [1.29, 1.82) is 0 Å². The minimum absolute atomic E-state index is 0.171. The van der Waals surface area contributed by atoms with E-state index in [0.29, 0.717) is 6.42 Å². The summed E-state index contributed by atoms with van der Waals surface area (Å²) in [7, 11) is 0. The maximum atomic E-state index is 13.0. The zero-order valence-electron chi connectivity index (χ0n) is 46.3. The van der Waals surface area contributed by atoms with Gasteiger partial charge in [-0.05, 0) is 19.3 Å². The minimum atomic E-state index is -1.56. The van der Waals surface area contributed by atoms with Gasteiger partial charge < -0.3 is 40.3 Å². The molecular weight excluding hydrogens is 875 g/mol. The predicted molar refractivity (Wildman–Crippen MR) is 295 cm³/mol. The normalized spacial score (nSPS) is 19.3. The number of carbonyl (C=O) groups excluding carboxylic acids is 1. The molecule has 0 aromatic heterocycles. The fourth-order valence-electron chi connectivity index (χ4n) is 10.2. The van der Waals surface area contributed by atoms with Gasteiger partial charge in [0.2, 0.25) is 5.91 Å². The van der Waals surface area contributed by atoms with Gasteiger partial charge in [-0.25, -0.2) is 0 Å². The van der Waals surface area contributed by atoms with Crippen LogP contribution < -0.4 is 5.32 Å². The van der Waals surface area contributed by atoms with E-state index in [1.807, 2.05) is 6.08 Å². The number of aliphatic hydroxyl groups is 5. The second-order valence-electron chi connectivity index (χ2n) is 21.9. The van der Waals surface area contributed by atoms with Gasteiger partial charge in [0.15, 0.2) is 6.29 Å². The molecule has 9 nitrogen and oxygen atoms in total. The number of hydrogen-bond acceptors (Lipinski definition) is 8. The van der Waals surface area contributed by atoms with E-state index in [1.165, 1.54) is 257 Å². The average Bonchev–Trinajstić information content (AvgIpc) is 3.36. The molecule has 7 atom stereocenters. The van der Waals surface area contributed by atoms with Crippen molar-refractivity contribution in [3.05, 3.63) is 12.2 Å². The molecule has 6 N–H and O–H groups in total. The average molecular weight is 995 g/mol. The van der Waals surface area contributed by atoms with Crippen LogP contribution in [0.2, 0.25) is 0 Å². The molecule has 0 saturated carbocycles. The fraction of sp³-hybridized carbons (Fsp3) is 0.951. The first-order chi connectivity index (χ1) is 34.3. The number of unbranched alkanes of at least 4 members (excludes halogenated alkanes) is 44. The highest BCUT2D eigenvalue weighted by atomic mass is 16.7. The molecule has 1 heterocycles. The lowest BCUT2D eigenvalue weighted by Gasteiger charge is -2.40. The van der Waals surface area contributed by atoms with Crippen LogP contribution in [0.4, 0.5) is 0 Å². The number of rotatable bonds is 54. The predicted octanol–water partition coefficient (Wildman–Crippen LogP) is 15.6. The molecule has 0 spiro atoms. The van der Waals surface area contributed by atoms with Crippen LogP contribution in [-0.2, 0) is 14.3 Å². The first-order valence-corrected chi connectivity index (χ1v) is 30.9. The maximum Gasteiger partial charge on any atom is 0.220 e. The summed E-state index contributed by atoms with van der Waals surface area (Å²) in [5.74, 6) is -0.171. The Kier molecular flexibility index (Phi) is 49.2. The Hall–Kier alpha value is -1.07. The van der Waals surface area contributed by atoms with Crippen LogP contribution >= 0.6 is 0 Å². The Morgan fingerprint density at radius 1 is 0.471 bits per heavy atom. The smallest absolute Gasteiger partial charge is 0.220 e. The van der Waals surface area contributed by atoms with E-state index in [1.54, 1.807) is 6.08 Å². The van der Waals surface area contributed by atoms with E-state index in [2.05, 4.69) is 19.2 Å². The van der Waals surface area contributed by atoms with Crippen molar-refractivity contribution in [1.82, 2.24) is 5.32 Å². The highest BCUT2D eigenvalue weighted by molar-refractivity contribution is 5.76. The van der Waals surface area contributed by atoms with Gasteiger partial charge in [0.1, 0.15) is 24.4 Å². The quantitative estimate of drug-likeness (QED) is 0.0261. The molecule has 1 aliphatic heterocycles. The molecule has 0 aliphatic carbocycles. The number of allylic oxidation sites excluding steroid dienone is 1. The van der Waals surface area contributed by atoms with Gasteiger partial charge >= 0.3 is 0 Å². The summed E-state index contributed by atoms with van der Waals surface area (Å²) in [5.41, 5.74) is 0. The largest absolute Gasteiger partial charge is 0.394 e. The summed E-state index contributed by atoms with van der Waals surface area (Å²) in [6.07, 6.45) is 57.5. The summed E-state index contributed by atoms with van der Waals surface area (Å²) in [5, 5.41) is 54.4. The molecular formula is C61H119NO8. The van der Waals surface area contributed by atoms with E-state index in [0.717, 1.165) is 38.5 Å². The lowest BCUT2D eigenvalue weighted by Crippen LogP contribution is -2.60. The third-order valence-electron chi connectivity index (χ3n) is 15.1. The van der Waals surface area contributed by atoms with Crippen LogP contribution in [0.25, 0.3) is 0 Å². The van der Waals surface area contributed by atoms with Crippen LogP contribution in [-0.4, -0.2) is 87.5 Å². The molecule has 1 amide bonds. The molecule has 1 saturated heterocycles. The van der Waals surface area contributed by atoms with Crippen molar-refractivity contribution in [2.75, 3.05) is 13.2 Å². The molecule has 0 bridgehead atoms. The van der Waals surface area contributed by atoms with Gasteiger partial charge in [-0.1, -0.05) is 302 Å². The van der Waals surface area contributed by atoms with Crippen LogP contribution in [0.15, 0.2) is 12.2 Å². The molecule has 2 unspecified atom stereocenters. The lowest BCUT2D eigenvalue weighted by molar-refractivity contribution is -0.302. The number of carbonyl (C=O) groups is 1. The van der Waals surface area contributed by atoms with Crippen LogP contribution in [0.3, 0.4) is 0 Å². The van der Waals surface area contributed by atoms with Gasteiger partial charge in [0.05, 0.1) is 25.4 Å². The number of ether oxygens (including phenoxy) is 2. The maximum absolute atomic E-state index is 13.0. The second kappa shape index (κ2) is 51.4. The molecule has 1 rings (SSSR count). The van der Waals surface area contributed by atoms with Crippen molar-refractivity contribution in [2.24, 2.45) is 0 Å². The zero-order valence-corrected chi connectivity index (χ0v) is 46.3. The standard InChI is InChI=1S/C61H119NO8/c1-3-5-7-9-11-13-15-17-18-19-20-21-22-23-24-25-26-27-28-29-30-31-32-33-34-35-36-37-38-39-41-43-45-47-49-51-57(65)62-54(53-69-61-60(68)59(67)58(66)56(52-63)70-61)55(64)50-48-46-44-42-40-16-14-12-10-8-6-4-2/h48,50,54-56,58-61,63-64,66-68H,3-47,49,51-53H2,1-2H3,(H,62,65)/b50-48+/t54-,55+,56+,58+,59?,60?,61+/m0/s1. The topological polar surface area (TPSA) is 149 Å². The SMILES string of the molecule is CCCCCCCCCCCC/C=C/[C@@H](O)[C@H](CO[C@@H]1O[C@H](CO)[C@@H](O)C(O)C1O)NC(=O)CCCCCCCCCCCCCCCCCCCCCCCCCCCCCCCCCCCCC. The summed E-state index contributed by atoms with van der Waals surface area (Å²) < 4.78 is 11.3. The van der Waals surface area contributed by atoms with Crippen LogP contribution in [0.5, 0.6) is 0 Å². The van der Waals surface area contributed by atoms with E-state index >= 15 is 0 Å². The van der Waals surface area contributed by atoms with Crippen LogP contribution in [0, 0.1) is 0 Å². The second-order valence-corrected chi connectivity index (χ2v) is 21.9. The Labute approximate surface area is 433 Å². The van der Waals surface area contributed by atoms with E-state index in [4.69, 9.17) is 9.47 Å². The Bertz CT molecular complexity index is 1110. The lowest BCUT2D eigenvalue weighted by atomic mass is 9.99. The molecule has 0 aromatic carbocycles. The first kappa shape index (κ1) is 66.9. The molecule has 0 radical (unpaired) electrons. The summed E-state index contributed by atoms with van der Waals surface area (Å²) >= 11 is 0. The van der Waals surface area contributed by atoms with E-state index < -0.39 is 49.5 Å². The van der Waals surface area contributed by atoms with Gasteiger partial charge in [-0.3, -0.25) is 4.79 Å². The van der Waals surface area contributed by atoms with Gasteiger partial charge in [0.25, 0.3) is 0 Å². The number of nitrogens with one attached hydrogen (secondary N) is 1. The summed E-state index contributed by atoms with van der Waals surface area (Å²) in [6.45, 7) is 3.80. The van der Waals surface area contributed by atoms with E-state index in [9.17, 15) is 30.3 Å². The fourth-order valence-corrected chi connectivity index (χ4v) is 10.2. The summed E-state index contributed by atoms with van der Waals surface area (Å²) in [6, 6.07) is -0.799. The minimum Gasteiger partial charge on any atom is -0.394 e. The van der Waals surface area contributed by atoms with Crippen molar-refractivity contribution in [2.45, 2.75) is 358 Å². The third-order valence-corrected chi connectivity index (χ3v) is 15.1. The van der Waals surface area contributed by atoms with Gasteiger partial charge in [-0.15, -0.1) is 0 Å². The number of aliphatic hydroxyl groups excluding tert-OH is 5. The molecule has 416 valence electrons. The first-order valence-electron chi connectivity index (χ1n) is 30.9. The molecule has 1 fully saturated rings. The Morgan fingerprint density at radius 3 is 1.11 bits per heavy atom. The number of amides is 1. The summed E-state index contributed by atoms with van der Waals surface area (Å²) in [4.78, 5) is 13.0. The van der Waals surface area contributed by atoms with Crippen molar-refractivity contribution < 1.29 is 39.8 Å². The number of hydrogen-bond donors (Lipinski definition) is 6. The Morgan fingerprint density at radius 2 is 0.786 bits per heavy atom. The highest BCUT2D eigenvalue weighted by Gasteiger charge is 2.44. The zero-order chi connectivity index (χ0) is 50.8. The van der Waals surface area contributed by atoms with Crippen molar-refractivity contribution >= 4 is 5.91 Å². The van der Waals surface area contributed by atoms with Gasteiger partial charge in [0, 0.05) is 6.42 Å². The van der Waals surface area contributed by atoms with Crippen molar-refractivity contribution in [3.8, 4) is 0 Å². The molecule has 70 heavy (non-hydrogen) atoms. The van der Waals surface area contributed by atoms with Crippen LogP contribution in [0.1, 0.15) is 316 Å². The highest BCUT2D eigenvalue weighted by Crippen LogP contribution is 2.23. The Balaban J connectivity index is 2.04. The third kappa shape index (κ3) is 40.3. The van der Waals surface area contributed by atoms with Gasteiger partial charge in [-0.2, -0.15) is 0 Å². The van der Waals surface area contributed by atoms with E-state index in [-0.39, 0.29) is 12.5 Å².